The summed E-state index contributed by atoms with van der Waals surface area (Å²) in [5.41, 5.74) is 5.43. The van der Waals surface area contributed by atoms with Crippen molar-refractivity contribution >= 4 is 34.7 Å². The Balaban J connectivity index is 1.50. The fraction of sp³-hybridized carbons (Fsp3) is 0.500. The predicted octanol–water partition coefficient (Wildman–Crippen LogP) is 5.19. The van der Waals surface area contributed by atoms with Gasteiger partial charge in [0.25, 0.3) is 0 Å². The van der Waals surface area contributed by atoms with Gasteiger partial charge >= 0.3 is 0 Å². The van der Waals surface area contributed by atoms with E-state index in [4.69, 9.17) is 5.73 Å². The van der Waals surface area contributed by atoms with Crippen LogP contribution in [0.2, 0.25) is 0 Å². The highest BCUT2D eigenvalue weighted by molar-refractivity contribution is 5.78. The number of anilines is 3. The quantitative estimate of drug-likeness (QED) is 0.303. The molecule has 5 rings (SSSR count). The molecule has 198 valence electrons. The summed E-state index contributed by atoms with van der Waals surface area (Å²) in [5.74, 6) is -6.71. The number of carbonyl (C=O) groups is 1. The molecule has 0 aliphatic heterocycles. The van der Waals surface area contributed by atoms with Crippen LogP contribution in [0.4, 0.5) is 39.5 Å². The molecule has 2 aliphatic rings. The van der Waals surface area contributed by atoms with Gasteiger partial charge in [-0.15, -0.1) is 0 Å². The molecule has 4 N–H and O–H groups in total. The van der Waals surface area contributed by atoms with Gasteiger partial charge in [0.05, 0.1) is 6.20 Å². The highest BCUT2D eigenvalue weighted by atomic mass is 19.3. The number of primary amides is 1. The van der Waals surface area contributed by atoms with Gasteiger partial charge in [0.2, 0.25) is 23.7 Å². The molecule has 0 spiro atoms. The lowest BCUT2D eigenvalue weighted by Crippen LogP contribution is -2.32. The van der Waals surface area contributed by atoms with Crippen LogP contribution in [-0.4, -0.2) is 37.4 Å². The number of benzene rings is 1. The zero-order valence-corrected chi connectivity index (χ0v) is 19.8. The van der Waals surface area contributed by atoms with Crippen LogP contribution in [0.3, 0.4) is 0 Å². The molecule has 2 saturated carbocycles. The maximum Gasteiger partial charge on any atom is 0.248 e. The van der Waals surface area contributed by atoms with Crippen LogP contribution in [0, 0.1) is 23.4 Å². The Morgan fingerprint density at radius 1 is 1.00 bits per heavy atom. The number of rotatable bonds is 6. The molecular weight excluding hydrogens is 497 g/mol. The summed E-state index contributed by atoms with van der Waals surface area (Å²) in [4.78, 5) is 24.9. The third kappa shape index (κ3) is 5.16. The first-order valence-corrected chi connectivity index (χ1v) is 12.2. The molecular formula is C24H26F5N7O. The molecule has 0 unspecified atom stereocenters. The van der Waals surface area contributed by atoms with Crippen LogP contribution in [0.5, 0.6) is 0 Å². The summed E-state index contributed by atoms with van der Waals surface area (Å²) in [7, 11) is 0. The molecule has 8 nitrogen and oxygen atoms in total. The number of imidazole rings is 1. The second kappa shape index (κ2) is 9.75. The second-order valence-electron chi connectivity index (χ2n) is 9.73. The number of hydrogen-bond acceptors (Lipinski definition) is 6. The summed E-state index contributed by atoms with van der Waals surface area (Å²) in [6.07, 6.45) is 3.54. The first kappa shape index (κ1) is 25.2. The van der Waals surface area contributed by atoms with Crippen LogP contribution in [0.15, 0.2) is 18.3 Å². The molecule has 1 amide bonds. The highest BCUT2D eigenvalue weighted by Gasteiger charge is 2.35. The number of nitrogens with two attached hydrogens (primary N) is 1. The van der Waals surface area contributed by atoms with Crippen LogP contribution in [0.1, 0.15) is 57.4 Å². The smallest absolute Gasteiger partial charge is 0.248 e. The van der Waals surface area contributed by atoms with Crippen LogP contribution >= 0.6 is 0 Å². The van der Waals surface area contributed by atoms with Gasteiger partial charge in [-0.3, -0.25) is 9.36 Å². The van der Waals surface area contributed by atoms with Crippen molar-refractivity contribution in [1.29, 1.82) is 0 Å². The van der Waals surface area contributed by atoms with Crippen molar-refractivity contribution in [2.75, 3.05) is 10.6 Å². The van der Waals surface area contributed by atoms with Crippen LogP contribution in [-0.2, 0) is 4.79 Å². The van der Waals surface area contributed by atoms with Gasteiger partial charge < -0.3 is 16.4 Å². The molecule has 0 saturated heterocycles. The minimum atomic E-state index is -2.67. The van der Waals surface area contributed by atoms with E-state index in [2.05, 4.69) is 25.6 Å². The van der Waals surface area contributed by atoms with Gasteiger partial charge in [0.1, 0.15) is 17.0 Å². The van der Waals surface area contributed by atoms with Gasteiger partial charge in [0, 0.05) is 30.8 Å². The van der Waals surface area contributed by atoms with Gasteiger partial charge in [-0.1, -0.05) is 0 Å². The highest BCUT2D eigenvalue weighted by Crippen LogP contribution is 2.38. The number of aromatic nitrogens is 4. The van der Waals surface area contributed by atoms with E-state index in [0.717, 1.165) is 6.07 Å². The zero-order valence-electron chi connectivity index (χ0n) is 19.8. The lowest BCUT2D eigenvalue weighted by Gasteiger charge is -2.29. The minimum absolute atomic E-state index is 0.0321. The van der Waals surface area contributed by atoms with E-state index in [-0.39, 0.29) is 61.5 Å². The summed E-state index contributed by atoms with van der Waals surface area (Å²) < 4.78 is 71.4. The molecule has 0 radical (unpaired) electrons. The maximum absolute atomic E-state index is 14.4. The molecule has 2 aliphatic carbocycles. The molecule has 2 aromatic heterocycles. The number of carbonyl (C=O) groups excluding carboxylic acids is 1. The van der Waals surface area contributed by atoms with E-state index in [1.54, 1.807) is 4.57 Å². The van der Waals surface area contributed by atoms with E-state index in [0.29, 0.717) is 42.9 Å². The summed E-state index contributed by atoms with van der Waals surface area (Å²) in [6.45, 7) is 0. The molecule has 1 aromatic carbocycles. The number of alkyl halides is 2. The van der Waals surface area contributed by atoms with E-state index < -0.39 is 29.1 Å². The second-order valence-corrected chi connectivity index (χ2v) is 9.73. The molecule has 3 aromatic rings. The predicted molar refractivity (Wildman–Crippen MR) is 126 cm³/mol. The zero-order chi connectivity index (χ0) is 26.3. The summed E-state index contributed by atoms with van der Waals surface area (Å²) in [5, 5.41) is 5.68. The van der Waals surface area contributed by atoms with Gasteiger partial charge in [-0.25, -0.2) is 31.9 Å². The Kier molecular flexibility index (Phi) is 6.63. The summed E-state index contributed by atoms with van der Waals surface area (Å²) >= 11 is 0. The van der Waals surface area contributed by atoms with Crippen molar-refractivity contribution in [1.82, 2.24) is 19.5 Å². The fourth-order valence-electron chi connectivity index (χ4n) is 5.13. The van der Waals surface area contributed by atoms with Crippen molar-refractivity contribution in [2.45, 2.75) is 69.4 Å². The van der Waals surface area contributed by atoms with Crippen molar-refractivity contribution in [3.8, 4) is 0 Å². The number of nitrogens with zero attached hydrogens (tertiary/aromatic N) is 4. The Labute approximate surface area is 208 Å². The molecule has 0 atom stereocenters. The third-order valence-electron chi connectivity index (χ3n) is 7.23. The van der Waals surface area contributed by atoms with Crippen molar-refractivity contribution in [3.05, 3.63) is 35.8 Å². The van der Waals surface area contributed by atoms with Gasteiger partial charge in [-0.05, 0) is 50.7 Å². The normalized spacial score (nSPS) is 22.2. The number of nitrogens with one attached hydrogen (secondary N) is 2. The Morgan fingerprint density at radius 3 is 2.35 bits per heavy atom. The Morgan fingerprint density at radius 2 is 1.68 bits per heavy atom. The average molecular weight is 524 g/mol. The standard InChI is InChI=1S/C24H26F5N7O/c25-15-5-6-16(26)19(18(15)27)34-23-33-17-11-31-22(32-13-7-9-24(28,29)10-8-13)35-21(17)36(23)14-3-1-12(2-4-14)20(30)37/h5-6,11-14H,1-4,7-10H2,(H2,30,37)(H,33,34)(H,31,32,35). The first-order valence-electron chi connectivity index (χ1n) is 12.2. The fourth-order valence-corrected chi connectivity index (χ4v) is 5.13. The SMILES string of the molecule is NC(=O)C1CCC(n2c(Nc3c(F)ccc(F)c3F)nc3cnc(NC4CCC(F)(F)CC4)nc32)CC1. The molecule has 0 bridgehead atoms. The number of amides is 1. The van der Waals surface area contributed by atoms with Gasteiger partial charge in [0.15, 0.2) is 17.3 Å². The summed E-state index contributed by atoms with van der Waals surface area (Å²) in [6, 6.07) is 1.02. The van der Waals surface area contributed by atoms with Crippen molar-refractivity contribution < 1.29 is 26.7 Å². The molecule has 2 fully saturated rings. The molecule has 13 heteroatoms. The number of halogens is 5. The van der Waals surface area contributed by atoms with Gasteiger partial charge in [-0.2, -0.15) is 4.98 Å². The van der Waals surface area contributed by atoms with E-state index >= 15 is 0 Å². The maximum atomic E-state index is 14.4. The molecule has 37 heavy (non-hydrogen) atoms. The monoisotopic (exact) mass is 523 g/mol. The van der Waals surface area contributed by atoms with E-state index in [1.807, 2.05) is 0 Å². The van der Waals surface area contributed by atoms with Crippen molar-refractivity contribution in [3.63, 3.8) is 0 Å². The van der Waals surface area contributed by atoms with E-state index in [1.165, 1.54) is 6.20 Å². The van der Waals surface area contributed by atoms with E-state index in [9.17, 15) is 26.7 Å². The Hall–Kier alpha value is -3.51. The minimum Gasteiger partial charge on any atom is -0.369 e. The molecule has 2 heterocycles. The first-order chi connectivity index (χ1) is 17.6. The Bertz CT molecular complexity index is 1310. The third-order valence-corrected chi connectivity index (χ3v) is 7.23. The number of hydrogen-bond donors (Lipinski definition) is 3. The van der Waals surface area contributed by atoms with Crippen molar-refractivity contribution in [2.24, 2.45) is 11.7 Å². The van der Waals surface area contributed by atoms with Crippen LogP contribution < -0.4 is 16.4 Å². The lowest BCUT2D eigenvalue weighted by atomic mass is 9.85. The average Bonchev–Trinajstić information content (AvgIpc) is 3.23. The van der Waals surface area contributed by atoms with Crippen LogP contribution in [0.25, 0.3) is 11.2 Å². The lowest BCUT2D eigenvalue weighted by molar-refractivity contribution is -0.122. The largest absolute Gasteiger partial charge is 0.369 e. The topological polar surface area (TPSA) is 111 Å². The number of fused-ring (bicyclic) bond motifs is 1.